The fourth-order valence-electron chi connectivity index (χ4n) is 1.98. The predicted octanol–water partition coefficient (Wildman–Crippen LogP) is 3.36. The number of ether oxygens (including phenoxy) is 3. The van der Waals surface area contributed by atoms with Gasteiger partial charge in [-0.05, 0) is 45.0 Å². The molecular weight excluding hydrogens is 396 g/mol. The van der Waals surface area contributed by atoms with Crippen LogP contribution >= 0.6 is 0 Å². The Hall–Kier alpha value is -3.62. The van der Waals surface area contributed by atoms with Crippen LogP contribution in [0.1, 0.15) is 48.3 Å². The highest BCUT2D eigenvalue weighted by Crippen LogP contribution is 2.11. The van der Waals surface area contributed by atoms with Crippen molar-refractivity contribution >= 4 is 23.5 Å². The van der Waals surface area contributed by atoms with Crippen molar-refractivity contribution < 1.29 is 42.2 Å². The van der Waals surface area contributed by atoms with Crippen LogP contribution in [-0.4, -0.2) is 43.3 Å². The summed E-state index contributed by atoms with van der Waals surface area (Å²) in [6.45, 7) is 5.92. The summed E-state index contributed by atoms with van der Waals surface area (Å²) in [5.41, 5.74) is -0.177. The summed E-state index contributed by atoms with van der Waals surface area (Å²) in [5, 5.41) is 0. The van der Waals surface area contributed by atoms with E-state index in [0.29, 0.717) is 6.61 Å². The lowest BCUT2D eigenvalue weighted by molar-refractivity contribution is -0.142. The molecule has 30 heavy (non-hydrogen) atoms. The van der Waals surface area contributed by atoms with Gasteiger partial charge >= 0.3 is 11.9 Å². The number of Topliss-reactive ketones (excluding diaryl/α,β-unsaturated/α-hetero) is 2. The molecule has 0 radical (unpaired) electrons. The van der Waals surface area contributed by atoms with Crippen molar-refractivity contribution in [2.75, 3.05) is 19.8 Å². The molecule has 0 spiro atoms. The van der Waals surface area contributed by atoms with Crippen LogP contribution in [-0.2, 0) is 23.8 Å². The van der Waals surface area contributed by atoms with Crippen molar-refractivity contribution in [1.82, 2.24) is 0 Å². The summed E-state index contributed by atoms with van der Waals surface area (Å²) >= 11 is 0. The van der Waals surface area contributed by atoms with Gasteiger partial charge in [0.15, 0.2) is 11.5 Å². The maximum Gasteiger partial charge on any atom is 0.345 e. The van der Waals surface area contributed by atoms with Crippen molar-refractivity contribution in [3.05, 3.63) is 60.1 Å². The zero-order valence-corrected chi connectivity index (χ0v) is 17.0. The van der Waals surface area contributed by atoms with Gasteiger partial charge in [-0.25, -0.2) is 4.79 Å². The van der Waals surface area contributed by atoms with Gasteiger partial charge in [0.2, 0.25) is 11.6 Å². The molecule has 2 heterocycles. The molecule has 162 valence electrons. The molecule has 2 rings (SSSR count). The van der Waals surface area contributed by atoms with Crippen molar-refractivity contribution in [1.29, 1.82) is 0 Å². The number of esters is 2. The quantitative estimate of drug-likeness (QED) is 0.142. The maximum atomic E-state index is 11.9. The predicted molar refractivity (Wildman–Crippen MR) is 104 cm³/mol. The normalized spacial score (nSPS) is 10.4. The molecule has 0 saturated heterocycles. The minimum atomic E-state index is -0.720. The van der Waals surface area contributed by atoms with Gasteiger partial charge in [0.1, 0.15) is 18.3 Å². The largest absolute Gasteiger partial charge is 0.500 e. The molecule has 0 saturated carbocycles. The van der Waals surface area contributed by atoms with Crippen molar-refractivity contribution in [2.24, 2.45) is 0 Å². The van der Waals surface area contributed by atoms with Crippen molar-refractivity contribution in [3.63, 3.8) is 0 Å². The van der Waals surface area contributed by atoms with E-state index in [1.807, 2.05) is 0 Å². The summed E-state index contributed by atoms with van der Waals surface area (Å²) in [6, 6.07) is 6.15. The van der Waals surface area contributed by atoms with Gasteiger partial charge in [0.05, 0.1) is 32.3 Å². The molecule has 0 bridgehead atoms. The van der Waals surface area contributed by atoms with Gasteiger partial charge in [0.25, 0.3) is 0 Å². The first-order valence-electron chi connectivity index (χ1n) is 9.23. The van der Waals surface area contributed by atoms with E-state index in [4.69, 9.17) is 18.3 Å². The molecule has 0 N–H and O–H groups in total. The standard InChI is InChI=1S/C12H14O5.C9H10O4/c1-3-15-8-9(12(14)16-4-2)11(13)10-6-5-7-17-10;1-2-12-9(11)6-7(10)8-4-3-5-13-8/h5-8H,3-4H2,1-2H3;3-5H,2,6H2,1H3. The summed E-state index contributed by atoms with van der Waals surface area (Å²) in [6.07, 6.45) is 3.58. The molecule has 9 heteroatoms. The lowest BCUT2D eigenvalue weighted by atomic mass is 10.1. The van der Waals surface area contributed by atoms with Crippen LogP contribution < -0.4 is 0 Å². The Kier molecular flexibility index (Phi) is 11.0. The first-order chi connectivity index (χ1) is 14.4. The minimum Gasteiger partial charge on any atom is -0.500 e. The van der Waals surface area contributed by atoms with Gasteiger partial charge in [-0.2, -0.15) is 0 Å². The van der Waals surface area contributed by atoms with E-state index < -0.39 is 17.7 Å². The third kappa shape index (κ3) is 8.17. The Morgan fingerprint density at radius 3 is 1.97 bits per heavy atom. The van der Waals surface area contributed by atoms with E-state index in [-0.39, 0.29) is 42.5 Å². The van der Waals surface area contributed by atoms with E-state index in [1.54, 1.807) is 32.9 Å². The van der Waals surface area contributed by atoms with Crippen LogP contribution in [0.4, 0.5) is 0 Å². The van der Waals surface area contributed by atoms with E-state index >= 15 is 0 Å². The van der Waals surface area contributed by atoms with Crippen LogP contribution in [0.2, 0.25) is 0 Å². The first-order valence-corrected chi connectivity index (χ1v) is 9.23. The van der Waals surface area contributed by atoms with Crippen LogP contribution in [0.15, 0.2) is 57.5 Å². The monoisotopic (exact) mass is 420 g/mol. The molecule has 2 aromatic heterocycles. The molecule has 0 unspecified atom stereocenters. The van der Waals surface area contributed by atoms with Crippen molar-refractivity contribution in [2.45, 2.75) is 27.2 Å². The first kappa shape index (κ1) is 24.4. The number of hydrogen-bond acceptors (Lipinski definition) is 9. The molecular formula is C21H24O9. The molecule has 0 aromatic carbocycles. The number of ketones is 2. The summed E-state index contributed by atoms with van der Waals surface area (Å²) in [7, 11) is 0. The summed E-state index contributed by atoms with van der Waals surface area (Å²) in [5.74, 6) is -1.89. The smallest absolute Gasteiger partial charge is 0.345 e. The topological polar surface area (TPSA) is 122 Å². The Balaban J connectivity index is 0.000000311. The number of rotatable bonds is 10. The second-order valence-corrected chi connectivity index (χ2v) is 5.40. The molecule has 2 aromatic rings. The highest BCUT2D eigenvalue weighted by molar-refractivity contribution is 6.23. The van der Waals surface area contributed by atoms with Gasteiger partial charge in [-0.15, -0.1) is 0 Å². The van der Waals surface area contributed by atoms with E-state index in [0.717, 1.165) is 6.26 Å². The number of hydrogen-bond donors (Lipinski definition) is 0. The Morgan fingerprint density at radius 1 is 0.867 bits per heavy atom. The molecule has 0 fully saturated rings. The highest BCUT2D eigenvalue weighted by atomic mass is 16.5. The van der Waals surface area contributed by atoms with Gasteiger partial charge in [0, 0.05) is 0 Å². The second-order valence-electron chi connectivity index (χ2n) is 5.40. The number of carbonyl (C=O) groups is 4. The van der Waals surface area contributed by atoms with E-state index in [1.165, 1.54) is 24.7 Å². The molecule has 0 amide bonds. The minimum absolute atomic E-state index is 0.0732. The second kappa shape index (κ2) is 13.5. The lowest BCUT2D eigenvalue weighted by Crippen LogP contribution is -2.16. The van der Waals surface area contributed by atoms with Crippen LogP contribution in [0, 0.1) is 0 Å². The van der Waals surface area contributed by atoms with Crippen molar-refractivity contribution in [3.8, 4) is 0 Å². The van der Waals surface area contributed by atoms with Gasteiger partial charge < -0.3 is 23.0 Å². The maximum absolute atomic E-state index is 11.9. The average Bonchev–Trinajstić information content (AvgIpc) is 3.43. The van der Waals surface area contributed by atoms with Crippen LogP contribution in [0.25, 0.3) is 0 Å². The summed E-state index contributed by atoms with van der Waals surface area (Å²) < 4.78 is 24.1. The number of carbonyl (C=O) groups excluding carboxylic acids is 4. The Bertz CT molecular complexity index is 830. The third-order valence-electron chi connectivity index (χ3n) is 3.26. The highest BCUT2D eigenvalue weighted by Gasteiger charge is 2.23. The molecule has 9 nitrogen and oxygen atoms in total. The molecule has 0 atom stereocenters. The van der Waals surface area contributed by atoms with E-state index in [9.17, 15) is 19.2 Å². The number of furan rings is 2. The molecule has 0 aliphatic heterocycles. The third-order valence-corrected chi connectivity index (χ3v) is 3.26. The van der Waals surface area contributed by atoms with E-state index in [2.05, 4.69) is 4.74 Å². The molecule has 0 aliphatic carbocycles. The van der Waals surface area contributed by atoms with Gasteiger partial charge in [-0.3, -0.25) is 14.4 Å². The summed E-state index contributed by atoms with van der Waals surface area (Å²) in [4.78, 5) is 45.5. The molecule has 0 aliphatic rings. The van der Waals surface area contributed by atoms with Crippen LogP contribution in [0.3, 0.4) is 0 Å². The fraction of sp³-hybridized carbons (Fsp3) is 0.333. The SMILES string of the molecule is CCOC(=O)CC(=O)c1ccco1.CCOC=C(C(=O)OCC)C(=O)c1ccco1. The Morgan fingerprint density at radius 2 is 1.47 bits per heavy atom. The lowest BCUT2D eigenvalue weighted by Gasteiger charge is -2.04. The fourth-order valence-corrected chi connectivity index (χ4v) is 1.98. The zero-order valence-electron chi connectivity index (χ0n) is 17.0. The van der Waals surface area contributed by atoms with Gasteiger partial charge in [-0.1, -0.05) is 0 Å². The zero-order chi connectivity index (χ0) is 22.4. The van der Waals surface area contributed by atoms with Crippen LogP contribution in [0.5, 0.6) is 0 Å². The Labute approximate surface area is 173 Å². The average molecular weight is 420 g/mol.